The van der Waals surface area contributed by atoms with Crippen molar-refractivity contribution >= 4 is 17.4 Å². The summed E-state index contributed by atoms with van der Waals surface area (Å²) in [4.78, 5) is 16.3. The number of likely N-dealkylation sites (N-methyl/N-ethyl adjacent to an activating group) is 1. The van der Waals surface area contributed by atoms with Gasteiger partial charge in [-0.15, -0.1) is 0 Å². The van der Waals surface area contributed by atoms with Gasteiger partial charge in [0, 0.05) is 25.7 Å². The quantitative estimate of drug-likeness (QED) is 0.754. The molecular formula is C17H24N2O3. The van der Waals surface area contributed by atoms with E-state index in [2.05, 4.69) is 11.5 Å². The maximum absolute atomic E-state index is 12.5. The highest BCUT2D eigenvalue weighted by molar-refractivity contribution is 5.96. The molecule has 1 aromatic carbocycles. The van der Waals surface area contributed by atoms with E-state index in [1.807, 2.05) is 31.2 Å². The minimum absolute atomic E-state index is 0.0543. The van der Waals surface area contributed by atoms with Crippen LogP contribution >= 0.6 is 0 Å². The zero-order valence-electron chi connectivity index (χ0n) is 13.4. The van der Waals surface area contributed by atoms with Crippen LogP contribution in [0, 0.1) is 0 Å². The van der Waals surface area contributed by atoms with Crippen LogP contribution in [0.2, 0.25) is 0 Å². The number of carbonyl (C=O) groups excluding carboxylic acids is 1. The fourth-order valence-corrected chi connectivity index (χ4v) is 2.44. The highest BCUT2D eigenvalue weighted by Crippen LogP contribution is 2.26. The molecule has 0 N–H and O–H groups in total. The summed E-state index contributed by atoms with van der Waals surface area (Å²) in [6.07, 6.45) is 0. The molecule has 120 valence electrons. The number of carbonyl (C=O) groups is 1. The first-order chi connectivity index (χ1) is 10.6. The summed E-state index contributed by atoms with van der Waals surface area (Å²) < 4.78 is 10.8. The maximum Gasteiger partial charge on any atom is 0.240 e. The highest BCUT2D eigenvalue weighted by Gasteiger charge is 2.20. The van der Waals surface area contributed by atoms with Crippen LogP contribution in [0.4, 0.5) is 5.69 Å². The van der Waals surface area contributed by atoms with Crippen molar-refractivity contribution in [3.8, 4) is 0 Å². The van der Waals surface area contributed by atoms with Gasteiger partial charge < -0.3 is 14.4 Å². The number of amides is 1. The molecule has 22 heavy (non-hydrogen) atoms. The van der Waals surface area contributed by atoms with E-state index in [9.17, 15) is 4.79 Å². The van der Waals surface area contributed by atoms with Crippen molar-refractivity contribution in [3.05, 3.63) is 36.4 Å². The van der Waals surface area contributed by atoms with E-state index in [4.69, 9.17) is 9.47 Å². The molecule has 1 aliphatic rings. The van der Waals surface area contributed by atoms with Gasteiger partial charge >= 0.3 is 0 Å². The van der Waals surface area contributed by atoms with E-state index in [-0.39, 0.29) is 5.91 Å². The Labute approximate surface area is 132 Å². The molecule has 0 bridgehead atoms. The zero-order valence-corrected chi connectivity index (χ0v) is 13.4. The number of morpholine rings is 1. The normalized spacial score (nSPS) is 15.4. The third kappa shape index (κ3) is 4.08. The first kappa shape index (κ1) is 16.5. The molecule has 1 fully saturated rings. The molecule has 5 heteroatoms. The van der Waals surface area contributed by atoms with Crippen molar-refractivity contribution in [3.63, 3.8) is 0 Å². The average molecular weight is 304 g/mol. The Hall–Kier alpha value is -1.85. The van der Waals surface area contributed by atoms with Crippen LogP contribution in [-0.4, -0.2) is 57.3 Å². The topological polar surface area (TPSA) is 42.0 Å². The Morgan fingerprint density at radius 2 is 2.05 bits per heavy atom. The Bertz CT molecular complexity index is 524. The van der Waals surface area contributed by atoms with Crippen LogP contribution < -0.4 is 4.90 Å². The molecule has 0 aliphatic carbocycles. The van der Waals surface area contributed by atoms with Crippen molar-refractivity contribution in [2.45, 2.75) is 6.92 Å². The third-order valence-electron chi connectivity index (χ3n) is 3.72. The van der Waals surface area contributed by atoms with Crippen molar-refractivity contribution in [2.75, 3.05) is 51.4 Å². The standard InChI is InChI=1S/C17H24N2O3/c1-4-22-14(2)15-7-5-6-8-16(15)18(3)17(20)13-19-9-11-21-12-10-19/h5-8H,2,4,9-13H2,1,3H3. The van der Waals surface area contributed by atoms with Crippen molar-refractivity contribution in [1.82, 2.24) is 4.90 Å². The Morgan fingerprint density at radius 3 is 2.73 bits per heavy atom. The monoisotopic (exact) mass is 304 g/mol. The molecule has 2 rings (SSSR count). The number of para-hydroxylation sites is 1. The van der Waals surface area contributed by atoms with E-state index < -0.39 is 0 Å². The zero-order chi connectivity index (χ0) is 15.9. The molecule has 1 saturated heterocycles. The summed E-state index contributed by atoms with van der Waals surface area (Å²) in [5.74, 6) is 0.641. The summed E-state index contributed by atoms with van der Waals surface area (Å²) in [6, 6.07) is 7.67. The van der Waals surface area contributed by atoms with Crippen molar-refractivity contribution in [2.24, 2.45) is 0 Å². The highest BCUT2D eigenvalue weighted by atomic mass is 16.5. The lowest BCUT2D eigenvalue weighted by Crippen LogP contribution is -2.44. The second-order valence-electron chi connectivity index (χ2n) is 5.21. The predicted molar refractivity (Wildman–Crippen MR) is 87.8 cm³/mol. The molecule has 0 radical (unpaired) electrons. The molecule has 1 heterocycles. The molecule has 5 nitrogen and oxygen atoms in total. The van der Waals surface area contributed by atoms with Crippen LogP contribution in [0.15, 0.2) is 30.8 Å². The van der Waals surface area contributed by atoms with Gasteiger partial charge in [0.25, 0.3) is 0 Å². The van der Waals surface area contributed by atoms with E-state index >= 15 is 0 Å². The molecule has 1 aliphatic heterocycles. The Kier molecular flexibility index (Phi) is 5.98. The van der Waals surface area contributed by atoms with Gasteiger partial charge in [0.2, 0.25) is 5.91 Å². The molecule has 1 amide bonds. The number of benzene rings is 1. The molecule has 0 aromatic heterocycles. The first-order valence-corrected chi connectivity index (χ1v) is 7.61. The number of rotatable bonds is 6. The van der Waals surface area contributed by atoms with E-state index in [0.717, 1.165) is 24.3 Å². The van der Waals surface area contributed by atoms with Gasteiger partial charge in [-0.1, -0.05) is 18.7 Å². The second kappa shape index (κ2) is 7.96. The lowest BCUT2D eigenvalue weighted by Gasteiger charge is -2.28. The summed E-state index contributed by atoms with van der Waals surface area (Å²) in [5, 5.41) is 0. The molecular weight excluding hydrogens is 280 g/mol. The summed E-state index contributed by atoms with van der Waals surface area (Å²) >= 11 is 0. The third-order valence-corrected chi connectivity index (χ3v) is 3.72. The molecule has 0 saturated carbocycles. The van der Waals surface area contributed by atoms with Gasteiger partial charge in [-0.3, -0.25) is 9.69 Å². The Morgan fingerprint density at radius 1 is 1.36 bits per heavy atom. The lowest BCUT2D eigenvalue weighted by atomic mass is 10.1. The Balaban J connectivity index is 2.09. The molecule has 0 spiro atoms. The minimum Gasteiger partial charge on any atom is -0.494 e. The smallest absolute Gasteiger partial charge is 0.240 e. The average Bonchev–Trinajstić information content (AvgIpc) is 2.55. The number of hydrogen-bond donors (Lipinski definition) is 0. The molecule has 0 unspecified atom stereocenters. The predicted octanol–water partition coefficient (Wildman–Crippen LogP) is 1.99. The number of ether oxygens (including phenoxy) is 2. The second-order valence-corrected chi connectivity index (χ2v) is 5.21. The van der Waals surface area contributed by atoms with Crippen molar-refractivity contribution in [1.29, 1.82) is 0 Å². The largest absolute Gasteiger partial charge is 0.494 e. The summed E-state index contributed by atoms with van der Waals surface area (Å²) in [5.41, 5.74) is 1.67. The summed E-state index contributed by atoms with van der Waals surface area (Å²) in [7, 11) is 1.79. The maximum atomic E-state index is 12.5. The van der Waals surface area contributed by atoms with Gasteiger partial charge in [0.1, 0.15) is 5.76 Å². The van der Waals surface area contributed by atoms with E-state index in [1.165, 1.54) is 0 Å². The van der Waals surface area contributed by atoms with Crippen LogP contribution in [0.5, 0.6) is 0 Å². The van der Waals surface area contributed by atoms with E-state index in [0.29, 0.717) is 32.1 Å². The van der Waals surface area contributed by atoms with Crippen LogP contribution in [0.25, 0.3) is 5.76 Å². The number of nitrogens with zero attached hydrogens (tertiary/aromatic N) is 2. The number of hydrogen-bond acceptors (Lipinski definition) is 4. The van der Waals surface area contributed by atoms with Crippen molar-refractivity contribution < 1.29 is 14.3 Å². The minimum atomic E-state index is 0.0543. The summed E-state index contributed by atoms with van der Waals surface area (Å²) in [6.45, 7) is 9.79. The fraction of sp³-hybridized carbons (Fsp3) is 0.471. The van der Waals surface area contributed by atoms with Crippen LogP contribution in [0.1, 0.15) is 12.5 Å². The van der Waals surface area contributed by atoms with Gasteiger partial charge in [-0.25, -0.2) is 0 Å². The van der Waals surface area contributed by atoms with E-state index in [1.54, 1.807) is 11.9 Å². The molecule has 0 atom stereocenters. The van der Waals surface area contributed by atoms with Gasteiger partial charge in [-0.05, 0) is 19.1 Å². The fourth-order valence-electron chi connectivity index (χ4n) is 2.44. The van der Waals surface area contributed by atoms with Gasteiger partial charge in [0.05, 0.1) is 32.1 Å². The molecule has 1 aromatic rings. The van der Waals surface area contributed by atoms with Gasteiger partial charge in [-0.2, -0.15) is 0 Å². The lowest BCUT2D eigenvalue weighted by molar-refractivity contribution is -0.120. The SMILES string of the molecule is C=C(OCC)c1ccccc1N(C)C(=O)CN1CCOCC1. The van der Waals surface area contributed by atoms with Crippen LogP contribution in [-0.2, 0) is 14.3 Å². The first-order valence-electron chi connectivity index (χ1n) is 7.61. The van der Waals surface area contributed by atoms with Crippen LogP contribution in [0.3, 0.4) is 0 Å². The van der Waals surface area contributed by atoms with Gasteiger partial charge in [0.15, 0.2) is 0 Å². The number of anilines is 1.